The number of pyridine rings is 1. The standard InChI is InChI=1S/C13H20N2O2/c1-10-4-3-5-12(15-10)8-16-9-13-7-14-6-11(2)17-13/h3-5,11,13-14H,6-9H2,1-2H3. The second-order valence-electron chi connectivity index (χ2n) is 4.51. The molecule has 1 aliphatic heterocycles. The van der Waals surface area contributed by atoms with Crippen molar-refractivity contribution < 1.29 is 9.47 Å². The van der Waals surface area contributed by atoms with Crippen molar-refractivity contribution in [2.24, 2.45) is 0 Å². The number of morpholine rings is 1. The minimum absolute atomic E-state index is 0.156. The van der Waals surface area contributed by atoms with Crippen LogP contribution in [0.3, 0.4) is 0 Å². The van der Waals surface area contributed by atoms with E-state index in [1.165, 1.54) is 0 Å². The lowest BCUT2D eigenvalue weighted by molar-refractivity contribution is -0.0719. The summed E-state index contributed by atoms with van der Waals surface area (Å²) in [7, 11) is 0. The fraction of sp³-hybridized carbons (Fsp3) is 0.615. The van der Waals surface area contributed by atoms with Gasteiger partial charge in [-0.1, -0.05) is 6.07 Å². The highest BCUT2D eigenvalue weighted by Gasteiger charge is 2.18. The molecule has 2 unspecified atom stereocenters. The topological polar surface area (TPSA) is 43.4 Å². The highest BCUT2D eigenvalue weighted by Crippen LogP contribution is 2.05. The van der Waals surface area contributed by atoms with E-state index in [0.29, 0.717) is 13.2 Å². The summed E-state index contributed by atoms with van der Waals surface area (Å²) in [6.07, 6.45) is 0.429. The third-order valence-corrected chi connectivity index (χ3v) is 2.73. The van der Waals surface area contributed by atoms with Crippen molar-refractivity contribution in [2.45, 2.75) is 32.7 Å². The van der Waals surface area contributed by atoms with Crippen molar-refractivity contribution in [1.82, 2.24) is 10.3 Å². The van der Waals surface area contributed by atoms with E-state index in [1.54, 1.807) is 0 Å². The number of aryl methyl sites for hydroxylation is 1. The Morgan fingerprint density at radius 1 is 1.47 bits per heavy atom. The van der Waals surface area contributed by atoms with Crippen LogP contribution in [0, 0.1) is 6.92 Å². The first-order chi connectivity index (χ1) is 8.24. The molecule has 1 saturated heterocycles. The first-order valence-corrected chi connectivity index (χ1v) is 6.10. The first-order valence-electron chi connectivity index (χ1n) is 6.10. The zero-order valence-corrected chi connectivity index (χ0v) is 10.5. The monoisotopic (exact) mass is 236 g/mol. The fourth-order valence-electron chi connectivity index (χ4n) is 1.95. The van der Waals surface area contributed by atoms with Gasteiger partial charge in [0, 0.05) is 18.8 Å². The van der Waals surface area contributed by atoms with E-state index < -0.39 is 0 Å². The SMILES string of the molecule is Cc1cccc(COCC2CNCC(C)O2)n1. The highest BCUT2D eigenvalue weighted by atomic mass is 16.5. The van der Waals surface area contributed by atoms with Crippen LogP contribution in [0.4, 0.5) is 0 Å². The molecule has 1 aromatic heterocycles. The first kappa shape index (κ1) is 12.5. The summed E-state index contributed by atoms with van der Waals surface area (Å²) in [5, 5.41) is 3.32. The van der Waals surface area contributed by atoms with Crippen LogP contribution >= 0.6 is 0 Å². The van der Waals surface area contributed by atoms with E-state index in [9.17, 15) is 0 Å². The summed E-state index contributed by atoms with van der Waals surface area (Å²) in [6.45, 7) is 7.02. The van der Waals surface area contributed by atoms with Crippen molar-refractivity contribution in [3.63, 3.8) is 0 Å². The van der Waals surface area contributed by atoms with Crippen LogP contribution in [0.2, 0.25) is 0 Å². The molecule has 0 aliphatic carbocycles. The van der Waals surface area contributed by atoms with Crippen LogP contribution in [0.1, 0.15) is 18.3 Å². The van der Waals surface area contributed by atoms with Crippen molar-refractivity contribution in [3.8, 4) is 0 Å². The molecule has 0 amide bonds. The molecule has 2 atom stereocenters. The zero-order valence-electron chi connectivity index (χ0n) is 10.5. The Balaban J connectivity index is 1.72. The van der Waals surface area contributed by atoms with Gasteiger partial charge in [0.2, 0.25) is 0 Å². The Labute approximate surface area is 102 Å². The fourth-order valence-corrected chi connectivity index (χ4v) is 1.95. The van der Waals surface area contributed by atoms with Gasteiger partial charge in [0.25, 0.3) is 0 Å². The van der Waals surface area contributed by atoms with Gasteiger partial charge in [0.15, 0.2) is 0 Å². The van der Waals surface area contributed by atoms with Crippen LogP contribution in [0.15, 0.2) is 18.2 Å². The number of rotatable bonds is 4. The molecule has 4 nitrogen and oxygen atoms in total. The number of aromatic nitrogens is 1. The molecule has 1 aromatic rings. The largest absolute Gasteiger partial charge is 0.372 e. The molecule has 0 spiro atoms. The molecule has 2 heterocycles. The van der Waals surface area contributed by atoms with Gasteiger partial charge in [0.1, 0.15) is 0 Å². The van der Waals surface area contributed by atoms with Gasteiger partial charge in [-0.05, 0) is 26.0 Å². The second kappa shape index (κ2) is 6.10. The van der Waals surface area contributed by atoms with Crippen molar-refractivity contribution in [3.05, 3.63) is 29.6 Å². The Hall–Kier alpha value is -0.970. The van der Waals surface area contributed by atoms with Crippen LogP contribution in [-0.2, 0) is 16.1 Å². The average molecular weight is 236 g/mol. The van der Waals surface area contributed by atoms with Crippen LogP contribution in [0.25, 0.3) is 0 Å². The minimum atomic E-state index is 0.156. The van der Waals surface area contributed by atoms with Gasteiger partial charge in [-0.3, -0.25) is 4.98 Å². The van der Waals surface area contributed by atoms with Gasteiger partial charge in [-0.2, -0.15) is 0 Å². The molecule has 17 heavy (non-hydrogen) atoms. The lowest BCUT2D eigenvalue weighted by atomic mass is 10.2. The van der Waals surface area contributed by atoms with Crippen molar-refractivity contribution in [1.29, 1.82) is 0 Å². The van der Waals surface area contributed by atoms with Crippen LogP contribution in [-0.4, -0.2) is 36.9 Å². The maximum absolute atomic E-state index is 5.74. The normalized spacial score (nSPS) is 24.8. The highest BCUT2D eigenvalue weighted by molar-refractivity contribution is 5.08. The Morgan fingerprint density at radius 3 is 3.12 bits per heavy atom. The van der Waals surface area contributed by atoms with E-state index in [1.807, 2.05) is 25.1 Å². The lowest BCUT2D eigenvalue weighted by Crippen LogP contribution is -2.45. The molecule has 1 N–H and O–H groups in total. The molecule has 0 bridgehead atoms. The summed E-state index contributed by atoms with van der Waals surface area (Å²) in [6, 6.07) is 5.97. The summed E-state index contributed by atoms with van der Waals surface area (Å²) in [5.41, 5.74) is 2.00. The number of hydrogen-bond donors (Lipinski definition) is 1. The van der Waals surface area contributed by atoms with Gasteiger partial charge >= 0.3 is 0 Å². The number of ether oxygens (including phenoxy) is 2. The second-order valence-corrected chi connectivity index (χ2v) is 4.51. The summed E-state index contributed by atoms with van der Waals surface area (Å²) in [4.78, 5) is 4.39. The van der Waals surface area contributed by atoms with E-state index in [4.69, 9.17) is 9.47 Å². The third kappa shape index (κ3) is 4.07. The summed E-state index contributed by atoms with van der Waals surface area (Å²) >= 11 is 0. The third-order valence-electron chi connectivity index (χ3n) is 2.73. The molecular formula is C13H20N2O2. The van der Waals surface area contributed by atoms with Gasteiger partial charge < -0.3 is 14.8 Å². The molecular weight excluding hydrogens is 216 g/mol. The molecule has 1 aliphatic rings. The Kier molecular flexibility index (Phi) is 4.48. The Morgan fingerprint density at radius 2 is 2.35 bits per heavy atom. The van der Waals surface area contributed by atoms with Crippen LogP contribution < -0.4 is 5.32 Å². The maximum atomic E-state index is 5.74. The quantitative estimate of drug-likeness (QED) is 0.855. The smallest absolute Gasteiger partial charge is 0.0936 e. The number of nitrogens with one attached hydrogen (secondary N) is 1. The van der Waals surface area contributed by atoms with Crippen LogP contribution in [0.5, 0.6) is 0 Å². The van der Waals surface area contributed by atoms with Crippen molar-refractivity contribution in [2.75, 3.05) is 19.7 Å². The molecule has 4 heteroatoms. The number of hydrogen-bond acceptors (Lipinski definition) is 4. The summed E-state index contributed by atoms with van der Waals surface area (Å²) < 4.78 is 11.4. The molecule has 1 fully saturated rings. The molecule has 0 radical (unpaired) electrons. The zero-order chi connectivity index (χ0) is 12.1. The molecule has 0 saturated carbocycles. The van der Waals surface area contributed by atoms with Gasteiger partial charge in [-0.15, -0.1) is 0 Å². The Bertz CT molecular complexity index is 357. The van der Waals surface area contributed by atoms with E-state index >= 15 is 0 Å². The van der Waals surface area contributed by atoms with E-state index in [0.717, 1.165) is 24.5 Å². The van der Waals surface area contributed by atoms with Gasteiger partial charge in [0.05, 0.1) is 31.1 Å². The van der Waals surface area contributed by atoms with Crippen molar-refractivity contribution >= 4 is 0 Å². The van der Waals surface area contributed by atoms with E-state index in [-0.39, 0.29) is 12.2 Å². The predicted octanol–water partition coefficient (Wildman–Crippen LogP) is 1.28. The van der Waals surface area contributed by atoms with Gasteiger partial charge in [-0.25, -0.2) is 0 Å². The lowest BCUT2D eigenvalue weighted by Gasteiger charge is -2.28. The molecule has 2 rings (SSSR count). The minimum Gasteiger partial charge on any atom is -0.372 e. The average Bonchev–Trinajstić information content (AvgIpc) is 2.29. The summed E-state index contributed by atoms with van der Waals surface area (Å²) in [5.74, 6) is 0. The maximum Gasteiger partial charge on any atom is 0.0936 e. The van der Waals surface area contributed by atoms with E-state index in [2.05, 4.69) is 17.2 Å². The number of nitrogens with zero attached hydrogens (tertiary/aromatic N) is 1. The predicted molar refractivity (Wildman–Crippen MR) is 65.8 cm³/mol. The molecule has 0 aromatic carbocycles. The molecule has 94 valence electrons.